The van der Waals surface area contributed by atoms with Crippen molar-refractivity contribution < 1.29 is 9.53 Å². The number of rotatable bonds is 20. The highest BCUT2D eigenvalue weighted by Gasteiger charge is 2.59. The molecule has 0 spiro atoms. The van der Waals surface area contributed by atoms with Gasteiger partial charge in [0.1, 0.15) is 6.10 Å². The summed E-state index contributed by atoms with van der Waals surface area (Å²) in [7, 11) is 0. The molecule has 4 aliphatic carbocycles. The summed E-state index contributed by atoms with van der Waals surface area (Å²) >= 11 is 0. The molecule has 0 bridgehead atoms. The molecule has 49 heavy (non-hydrogen) atoms. The number of unbranched alkanes of at least 4 members (excludes halogenated alkanes) is 4. The molecule has 2 nitrogen and oxygen atoms in total. The maximum atomic E-state index is 12.8. The summed E-state index contributed by atoms with van der Waals surface area (Å²) in [5, 5.41) is 0. The van der Waals surface area contributed by atoms with Crippen LogP contribution in [0.5, 0.6) is 0 Å². The molecule has 4 aliphatic rings. The predicted octanol–water partition coefficient (Wildman–Crippen LogP) is 14.1. The van der Waals surface area contributed by atoms with Crippen LogP contribution in [0.1, 0.15) is 176 Å². The number of hydrogen-bond acceptors (Lipinski definition) is 2. The van der Waals surface area contributed by atoms with Gasteiger partial charge in [-0.2, -0.15) is 0 Å². The second kappa shape index (κ2) is 20.3. The number of allylic oxidation sites excluding steroid dienone is 9. The first-order valence-electron chi connectivity index (χ1n) is 21.2. The first-order chi connectivity index (χ1) is 23.7. The summed E-state index contributed by atoms with van der Waals surface area (Å²) in [5.41, 5.74) is 2.48. The summed E-state index contributed by atoms with van der Waals surface area (Å²) in [4.78, 5) is 12.8. The van der Waals surface area contributed by atoms with E-state index in [0.29, 0.717) is 17.3 Å². The third-order valence-electron chi connectivity index (χ3n) is 13.8. The third-order valence-corrected chi connectivity index (χ3v) is 13.8. The van der Waals surface area contributed by atoms with E-state index < -0.39 is 0 Å². The minimum absolute atomic E-state index is 0.00622. The summed E-state index contributed by atoms with van der Waals surface area (Å²) in [6, 6.07) is 0. The van der Waals surface area contributed by atoms with Crippen molar-refractivity contribution in [3.05, 3.63) is 60.3 Å². The third kappa shape index (κ3) is 11.3. The maximum Gasteiger partial charge on any atom is 0.306 e. The Morgan fingerprint density at radius 3 is 2.14 bits per heavy atom. The summed E-state index contributed by atoms with van der Waals surface area (Å²) in [6.45, 7) is 14.9. The fourth-order valence-corrected chi connectivity index (χ4v) is 10.9. The number of carbonyl (C=O) groups excluding carboxylic acids is 1. The fourth-order valence-electron chi connectivity index (χ4n) is 10.9. The van der Waals surface area contributed by atoms with Gasteiger partial charge in [-0.3, -0.25) is 4.79 Å². The van der Waals surface area contributed by atoms with Crippen LogP contribution in [0.25, 0.3) is 0 Å². The average molecular weight is 673 g/mol. The summed E-state index contributed by atoms with van der Waals surface area (Å²) in [6.07, 6.45) is 45.7. The van der Waals surface area contributed by atoms with Crippen molar-refractivity contribution >= 4 is 5.97 Å². The van der Waals surface area contributed by atoms with Crippen LogP contribution in [0, 0.1) is 46.3 Å². The van der Waals surface area contributed by atoms with E-state index in [1.165, 1.54) is 83.5 Å². The second-order valence-electron chi connectivity index (χ2n) is 17.6. The van der Waals surface area contributed by atoms with E-state index >= 15 is 0 Å². The van der Waals surface area contributed by atoms with E-state index in [0.717, 1.165) is 80.5 Å². The Balaban J connectivity index is 1.13. The van der Waals surface area contributed by atoms with Crippen molar-refractivity contribution in [2.45, 2.75) is 182 Å². The molecule has 0 aromatic carbocycles. The molecule has 0 saturated heterocycles. The van der Waals surface area contributed by atoms with Gasteiger partial charge in [-0.1, -0.05) is 134 Å². The average Bonchev–Trinajstić information content (AvgIpc) is 3.43. The molecule has 4 rings (SSSR count). The normalized spacial score (nSPS) is 32.2. The second-order valence-corrected chi connectivity index (χ2v) is 17.6. The Morgan fingerprint density at radius 2 is 1.47 bits per heavy atom. The van der Waals surface area contributed by atoms with Gasteiger partial charge in [0, 0.05) is 12.8 Å². The van der Waals surface area contributed by atoms with E-state index in [9.17, 15) is 4.79 Å². The van der Waals surface area contributed by atoms with Crippen molar-refractivity contribution in [2.24, 2.45) is 46.3 Å². The van der Waals surface area contributed by atoms with Crippen molar-refractivity contribution in [3.8, 4) is 0 Å². The maximum absolute atomic E-state index is 12.8. The number of hydrogen-bond donors (Lipinski definition) is 0. The number of fused-ring (bicyclic) bond motifs is 5. The van der Waals surface area contributed by atoms with Gasteiger partial charge in [-0.25, -0.2) is 0 Å². The minimum Gasteiger partial charge on any atom is -0.462 e. The van der Waals surface area contributed by atoms with Crippen LogP contribution in [-0.2, 0) is 9.53 Å². The van der Waals surface area contributed by atoms with E-state index in [4.69, 9.17) is 4.74 Å². The number of esters is 1. The zero-order valence-corrected chi connectivity index (χ0v) is 32.9. The highest BCUT2D eigenvalue weighted by Crippen LogP contribution is 2.67. The summed E-state index contributed by atoms with van der Waals surface area (Å²) < 4.78 is 6.10. The smallest absolute Gasteiger partial charge is 0.306 e. The van der Waals surface area contributed by atoms with Gasteiger partial charge in [-0.15, -0.1) is 0 Å². The summed E-state index contributed by atoms with van der Waals surface area (Å²) in [5.74, 6) is 5.21. The molecule has 0 amide bonds. The zero-order valence-electron chi connectivity index (χ0n) is 32.9. The van der Waals surface area contributed by atoms with Crippen LogP contribution < -0.4 is 0 Å². The first-order valence-corrected chi connectivity index (χ1v) is 21.2. The molecule has 0 unspecified atom stereocenters. The van der Waals surface area contributed by atoms with Gasteiger partial charge in [0.25, 0.3) is 0 Å². The minimum atomic E-state index is 0.00622. The molecular formula is C47H76O2. The fraction of sp³-hybridized carbons (Fsp3) is 0.766. The molecule has 0 aromatic rings. The molecule has 276 valence electrons. The Hall–Kier alpha value is -1.83. The lowest BCUT2D eigenvalue weighted by molar-refractivity contribution is -0.151. The molecule has 0 N–H and O–H groups in total. The molecule has 8 atom stereocenters. The highest BCUT2D eigenvalue weighted by atomic mass is 16.5. The first kappa shape index (κ1) is 39.9. The van der Waals surface area contributed by atoms with Gasteiger partial charge in [0.2, 0.25) is 0 Å². The standard InChI is InChI=1S/C47H76O2/c1-7-8-9-10-11-12-13-14-15-16-17-18-19-20-21-22-23-27-45(48)49-40-32-34-46(5)39(36-40)28-29-41-43-31-30-42(38(4)26-24-25-37(2)3)47(43,6)35-33-44(41)46/h11-12,14-15,17-18,20-21,28,37-38,40-44H,7-10,13,16,19,22-27,29-36H2,1-6H3/b12-11+,15-14+,18-17-,21-20+/t38-,40-,41+,42-,43+,44+,46+,47-/m1/s1. The quantitative estimate of drug-likeness (QED) is 0.0731. The van der Waals surface area contributed by atoms with E-state index in [-0.39, 0.29) is 12.1 Å². The molecule has 0 aromatic heterocycles. The lowest BCUT2D eigenvalue weighted by atomic mass is 9.47. The Bertz CT molecular complexity index is 1140. The molecule has 0 radical (unpaired) electrons. The topological polar surface area (TPSA) is 26.3 Å². The van der Waals surface area contributed by atoms with E-state index in [1.54, 1.807) is 5.57 Å². The van der Waals surface area contributed by atoms with Crippen LogP contribution >= 0.6 is 0 Å². The Morgan fingerprint density at radius 1 is 0.796 bits per heavy atom. The van der Waals surface area contributed by atoms with Crippen molar-refractivity contribution in [1.29, 1.82) is 0 Å². The Labute approximate surface area is 303 Å². The van der Waals surface area contributed by atoms with Crippen LogP contribution in [0.2, 0.25) is 0 Å². The monoisotopic (exact) mass is 673 g/mol. The van der Waals surface area contributed by atoms with Crippen LogP contribution in [0.4, 0.5) is 0 Å². The molecule has 3 fully saturated rings. The van der Waals surface area contributed by atoms with Crippen LogP contribution in [0.15, 0.2) is 60.3 Å². The molecule has 2 heteroatoms. The Kier molecular flexibility index (Phi) is 16.5. The van der Waals surface area contributed by atoms with E-state index in [2.05, 4.69) is 96.2 Å². The van der Waals surface area contributed by atoms with E-state index in [1.807, 2.05) is 0 Å². The van der Waals surface area contributed by atoms with Gasteiger partial charge in [0.15, 0.2) is 0 Å². The van der Waals surface area contributed by atoms with Gasteiger partial charge in [0.05, 0.1) is 0 Å². The molecular weight excluding hydrogens is 597 g/mol. The number of ether oxygens (including phenoxy) is 1. The molecule has 3 saturated carbocycles. The molecule has 0 heterocycles. The zero-order chi connectivity index (χ0) is 35.1. The van der Waals surface area contributed by atoms with Crippen LogP contribution in [-0.4, -0.2) is 12.1 Å². The largest absolute Gasteiger partial charge is 0.462 e. The predicted molar refractivity (Wildman–Crippen MR) is 211 cm³/mol. The SMILES string of the molecule is CCCCC/C=C/C/C=C/C/C=C\C/C=C/CCCC(=O)O[C@@H]1CC[C@@]2(C)C(=CC[C@H]3[C@@H]4CC[C@H]([C@H](C)CCCC(C)C)[C@@]4(C)CC[C@@H]32)C1. The van der Waals surface area contributed by atoms with Gasteiger partial charge in [-0.05, 0) is 136 Å². The van der Waals surface area contributed by atoms with Crippen molar-refractivity contribution in [1.82, 2.24) is 0 Å². The van der Waals surface area contributed by atoms with Gasteiger partial charge >= 0.3 is 5.97 Å². The lowest BCUT2D eigenvalue weighted by Crippen LogP contribution is -2.51. The number of carbonyl (C=O) groups is 1. The van der Waals surface area contributed by atoms with Gasteiger partial charge < -0.3 is 4.74 Å². The highest BCUT2D eigenvalue weighted by molar-refractivity contribution is 5.69. The van der Waals surface area contributed by atoms with Crippen molar-refractivity contribution in [3.63, 3.8) is 0 Å². The molecule has 0 aliphatic heterocycles. The lowest BCUT2D eigenvalue weighted by Gasteiger charge is -2.58. The van der Waals surface area contributed by atoms with Crippen molar-refractivity contribution in [2.75, 3.05) is 0 Å². The van der Waals surface area contributed by atoms with Crippen LogP contribution in [0.3, 0.4) is 0 Å².